The Balaban J connectivity index is 2.51. The number of H-pyrrole nitrogens is 1. The van der Waals surface area contributed by atoms with E-state index in [0.717, 1.165) is 12.2 Å². The van der Waals surface area contributed by atoms with E-state index in [1.165, 1.54) is 6.07 Å². The number of aromatic nitrogens is 3. The number of rotatable bonds is 3. The average molecular weight is 251 g/mol. The van der Waals surface area contributed by atoms with Crippen molar-refractivity contribution in [3.8, 4) is 0 Å². The molecule has 1 atom stereocenters. The van der Waals surface area contributed by atoms with Crippen LogP contribution in [0.2, 0.25) is 0 Å². The molecule has 0 aliphatic heterocycles. The molecule has 0 spiro atoms. The highest BCUT2D eigenvalue weighted by Gasteiger charge is 2.16. The maximum absolute atomic E-state index is 13.7. The predicted molar refractivity (Wildman–Crippen MR) is 67.0 cm³/mol. The van der Waals surface area contributed by atoms with Crippen LogP contribution in [0.15, 0.2) is 24.3 Å². The molecule has 0 aliphatic rings. The van der Waals surface area contributed by atoms with Gasteiger partial charge in [-0.05, 0) is 25.2 Å². The number of nitrogens with zero attached hydrogens (tertiary/aromatic N) is 2. The van der Waals surface area contributed by atoms with Gasteiger partial charge in [-0.2, -0.15) is 5.10 Å². The van der Waals surface area contributed by atoms with Gasteiger partial charge in [-0.3, -0.25) is 9.67 Å². The molecular formula is C12H14FN3S. The van der Waals surface area contributed by atoms with Crippen LogP contribution in [0.25, 0.3) is 0 Å². The van der Waals surface area contributed by atoms with Crippen molar-refractivity contribution in [3.63, 3.8) is 0 Å². The summed E-state index contributed by atoms with van der Waals surface area (Å²) < 4.78 is 16.1. The molecule has 0 radical (unpaired) electrons. The zero-order valence-electron chi connectivity index (χ0n) is 9.77. The fourth-order valence-electron chi connectivity index (χ4n) is 1.94. The van der Waals surface area contributed by atoms with E-state index >= 15 is 0 Å². The van der Waals surface area contributed by atoms with Gasteiger partial charge in [-0.25, -0.2) is 4.39 Å². The molecule has 1 aromatic heterocycles. The summed E-state index contributed by atoms with van der Waals surface area (Å²) in [5.74, 6) is 0.621. The second kappa shape index (κ2) is 4.79. The van der Waals surface area contributed by atoms with Crippen LogP contribution in [-0.4, -0.2) is 14.8 Å². The van der Waals surface area contributed by atoms with E-state index in [1.807, 2.05) is 24.5 Å². The molecule has 1 heterocycles. The zero-order chi connectivity index (χ0) is 12.4. The third-order valence-electron chi connectivity index (χ3n) is 2.84. The topological polar surface area (TPSA) is 33.6 Å². The van der Waals surface area contributed by atoms with Gasteiger partial charge in [0.15, 0.2) is 4.77 Å². The van der Waals surface area contributed by atoms with Crippen molar-refractivity contribution >= 4 is 12.2 Å². The van der Waals surface area contributed by atoms with Gasteiger partial charge in [-0.1, -0.05) is 25.1 Å². The Kier molecular flexibility index (Phi) is 3.38. The van der Waals surface area contributed by atoms with Crippen molar-refractivity contribution in [2.75, 3.05) is 0 Å². The molecule has 2 aromatic rings. The summed E-state index contributed by atoms with van der Waals surface area (Å²) in [5, 5.41) is 6.89. The van der Waals surface area contributed by atoms with Gasteiger partial charge >= 0.3 is 0 Å². The summed E-state index contributed by atoms with van der Waals surface area (Å²) in [6.07, 6.45) is 0.756. The highest BCUT2D eigenvalue weighted by Crippen LogP contribution is 2.22. The van der Waals surface area contributed by atoms with Crippen molar-refractivity contribution in [2.24, 2.45) is 0 Å². The van der Waals surface area contributed by atoms with Crippen LogP contribution in [-0.2, 0) is 6.42 Å². The van der Waals surface area contributed by atoms with Crippen LogP contribution in [0.3, 0.4) is 0 Å². The summed E-state index contributed by atoms with van der Waals surface area (Å²) in [7, 11) is 0. The monoisotopic (exact) mass is 251 g/mol. The van der Waals surface area contributed by atoms with Gasteiger partial charge in [0.2, 0.25) is 0 Å². The van der Waals surface area contributed by atoms with E-state index in [4.69, 9.17) is 12.2 Å². The summed E-state index contributed by atoms with van der Waals surface area (Å²) in [4.78, 5) is 0. The molecule has 1 unspecified atom stereocenters. The Morgan fingerprint density at radius 2 is 2.18 bits per heavy atom. The van der Waals surface area contributed by atoms with E-state index < -0.39 is 0 Å². The minimum absolute atomic E-state index is 0.155. The first kappa shape index (κ1) is 12.0. The molecule has 2 rings (SSSR count). The van der Waals surface area contributed by atoms with E-state index in [0.29, 0.717) is 10.3 Å². The molecule has 0 saturated heterocycles. The second-order valence-corrected chi connectivity index (χ2v) is 4.25. The summed E-state index contributed by atoms with van der Waals surface area (Å²) in [6.45, 7) is 3.92. The number of aromatic amines is 1. The SMILES string of the molecule is CCc1n[nH]c(=S)n1C(C)c1ccccc1F. The van der Waals surface area contributed by atoms with E-state index in [-0.39, 0.29) is 11.9 Å². The van der Waals surface area contributed by atoms with Gasteiger partial charge in [0, 0.05) is 12.0 Å². The first-order chi connectivity index (χ1) is 8.15. The Morgan fingerprint density at radius 3 is 2.82 bits per heavy atom. The molecule has 90 valence electrons. The standard InChI is InChI=1S/C12H14FN3S/c1-3-11-14-15-12(17)16(11)8(2)9-6-4-5-7-10(9)13/h4-8H,3H2,1-2H3,(H,15,17). The Bertz CT molecular complexity index is 573. The van der Waals surface area contributed by atoms with Gasteiger partial charge in [0.05, 0.1) is 6.04 Å². The lowest BCUT2D eigenvalue weighted by Crippen LogP contribution is -2.12. The minimum Gasteiger partial charge on any atom is -0.297 e. The third kappa shape index (κ3) is 2.15. The van der Waals surface area contributed by atoms with Crippen LogP contribution in [0.4, 0.5) is 4.39 Å². The van der Waals surface area contributed by atoms with Gasteiger partial charge in [0.25, 0.3) is 0 Å². The molecule has 0 bridgehead atoms. The molecular weight excluding hydrogens is 237 g/mol. The minimum atomic E-state index is -0.217. The molecule has 17 heavy (non-hydrogen) atoms. The highest BCUT2D eigenvalue weighted by atomic mass is 32.1. The van der Waals surface area contributed by atoms with Gasteiger partial charge in [0.1, 0.15) is 11.6 Å². The quantitative estimate of drug-likeness (QED) is 0.849. The molecule has 0 saturated carbocycles. The van der Waals surface area contributed by atoms with E-state index in [9.17, 15) is 4.39 Å². The lowest BCUT2D eigenvalue weighted by atomic mass is 10.1. The highest BCUT2D eigenvalue weighted by molar-refractivity contribution is 7.71. The molecule has 0 fully saturated rings. The third-order valence-corrected chi connectivity index (χ3v) is 3.12. The molecule has 5 heteroatoms. The smallest absolute Gasteiger partial charge is 0.195 e. The number of hydrogen-bond acceptors (Lipinski definition) is 2. The van der Waals surface area contributed by atoms with E-state index in [1.54, 1.807) is 12.1 Å². The number of benzene rings is 1. The van der Waals surface area contributed by atoms with Crippen molar-refractivity contribution < 1.29 is 4.39 Å². The molecule has 1 aromatic carbocycles. The lowest BCUT2D eigenvalue weighted by Gasteiger charge is -2.16. The molecule has 3 nitrogen and oxygen atoms in total. The maximum atomic E-state index is 13.7. The van der Waals surface area contributed by atoms with Crippen molar-refractivity contribution in [2.45, 2.75) is 26.3 Å². The summed E-state index contributed by atoms with van der Waals surface area (Å²) in [6, 6.07) is 6.58. The number of aryl methyl sites for hydroxylation is 1. The lowest BCUT2D eigenvalue weighted by molar-refractivity contribution is 0.541. The van der Waals surface area contributed by atoms with Crippen molar-refractivity contribution in [1.29, 1.82) is 0 Å². The fraction of sp³-hybridized carbons (Fsp3) is 0.333. The largest absolute Gasteiger partial charge is 0.297 e. The zero-order valence-corrected chi connectivity index (χ0v) is 10.6. The van der Waals surface area contributed by atoms with Crippen molar-refractivity contribution in [3.05, 3.63) is 46.2 Å². The Morgan fingerprint density at radius 1 is 1.47 bits per heavy atom. The van der Waals surface area contributed by atoms with E-state index in [2.05, 4.69) is 10.2 Å². The first-order valence-electron chi connectivity index (χ1n) is 5.55. The van der Waals surface area contributed by atoms with Crippen LogP contribution in [0.5, 0.6) is 0 Å². The number of nitrogens with one attached hydrogen (secondary N) is 1. The normalized spacial score (nSPS) is 12.6. The van der Waals surface area contributed by atoms with Crippen LogP contribution >= 0.6 is 12.2 Å². The summed E-state index contributed by atoms with van der Waals surface area (Å²) >= 11 is 5.18. The second-order valence-electron chi connectivity index (χ2n) is 3.87. The Labute approximate surface area is 104 Å². The van der Waals surface area contributed by atoms with Crippen molar-refractivity contribution in [1.82, 2.24) is 14.8 Å². The Hall–Kier alpha value is -1.49. The molecule has 0 aliphatic carbocycles. The van der Waals surface area contributed by atoms with Crippen LogP contribution in [0, 0.1) is 10.6 Å². The number of halogens is 1. The maximum Gasteiger partial charge on any atom is 0.195 e. The number of hydrogen-bond donors (Lipinski definition) is 1. The molecule has 1 N–H and O–H groups in total. The van der Waals surface area contributed by atoms with Gasteiger partial charge in [-0.15, -0.1) is 0 Å². The molecule has 0 amide bonds. The summed E-state index contributed by atoms with van der Waals surface area (Å²) in [5.41, 5.74) is 0.625. The fourth-order valence-corrected chi connectivity index (χ4v) is 2.25. The first-order valence-corrected chi connectivity index (χ1v) is 5.96. The predicted octanol–water partition coefficient (Wildman–Crippen LogP) is 3.25. The average Bonchev–Trinajstić information content (AvgIpc) is 2.70. The van der Waals surface area contributed by atoms with Crippen LogP contribution < -0.4 is 0 Å². The van der Waals surface area contributed by atoms with Crippen LogP contribution in [0.1, 0.15) is 31.3 Å². The van der Waals surface area contributed by atoms with Gasteiger partial charge < -0.3 is 0 Å².